The summed E-state index contributed by atoms with van der Waals surface area (Å²) in [7, 11) is 0. The normalized spacial score (nSPS) is 25.1. The molecule has 0 aromatic heterocycles. The highest BCUT2D eigenvalue weighted by Crippen LogP contribution is 2.57. The van der Waals surface area contributed by atoms with Gasteiger partial charge in [-0.3, -0.25) is 0 Å². The molecule has 2 nitrogen and oxygen atoms in total. The van der Waals surface area contributed by atoms with Crippen molar-refractivity contribution in [3.05, 3.63) is 0 Å². The minimum Gasteiger partial charge on any atom is -0.363 e. The molecule has 0 unspecified atom stereocenters. The van der Waals surface area contributed by atoms with Gasteiger partial charge in [-0.2, -0.15) is 0 Å². The molecular formula is C20H40O2. The number of ether oxygens (including phenoxy) is 2. The maximum atomic E-state index is 7.13. The molecule has 22 heavy (non-hydrogen) atoms. The van der Waals surface area contributed by atoms with Crippen LogP contribution in [0.5, 0.6) is 0 Å². The van der Waals surface area contributed by atoms with E-state index in [1.807, 2.05) is 0 Å². The number of rotatable bonds is 8. The minimum absolute atomic E-state index is 0.156. The van der Waals surface area contributed by atoms with Crippen LogP contribution in [0.1, 0.15) is 107 Å². The lowest BCUT2D eigenvalue weighted by Gasteiger charge is -2.66. The molecule has 0 spiro atoms. The van der Waals surface area contributed by atoms with Gasteiger partial charge in [-0.25, -0.2) is 0 Å². The Morgan fingerprint density at radius 3 is 0.591 bits per heavy atom. The second kappa shape index (κ2) is 7.21. The average Bonchev–Trinajstić information content (AvgIpc) is 2.60. The highest BCUT2D eigenvalue weighted by Gasteiger charge is 2.65. The van der Waals surface area contributed by atoms with E-state index < -0.39 is 0 Å². The molecule has 1 rings (SSSR count). The van der Waals surface area contributed by atoms with E-state index in [2.05, 4.69) is 55.4 Å². The first kappa shape index (κ1) is 20.0. The fourth-order valence-electron chi connectivity index (χ4n) is 5.27. The summed E-state index contributed by atoms with van der Waals surface area (Å²) in [5, 5.41) is 0. The van der Waals surface area contributed by atoms with Crippen LogP contribution in [-0.2, 0) is 9.47 Å². The topological polar surface area (TPSA) is 18.5 Å². The van der Waals surface area contributed by atoms with E-state index in [0.29, 0.717) is 0 Å². The summed E-state index contributed by atoms with van der Waals surface area (Å²) in [6.45, 7) is 18.2. The molecule has 1 heterocycles. The Morgan fingerprint density at radius 1 is 0.364 bits per heavy atom. The van der Waals surface area contributed by atoms with Crippen molar-refractivity contribution in [3.8, 4) is 0 Å². The predicted octanol–water partition coefficient (Wildman–Crippen LogP) is 6.27. The van der Waals surface area contributed by atoms with E-state index in [0.717, 1.165) is 51.4 Å². The van der Waals surface area contributed by atoms with Crippen LogP contribution in [-0.4, -0.2) is 22.4 Å². The second-order valence-corrected chi connectivity index (χ2v) is 7.01. The summed E-state index contributed by atoms with van der Waals surface area (Å²) in [5.74, 6) is 0. The van der Waals surface area contributed by atoms with Crippen molar-refractivity contribution in [2.45, 2.75) is 129 Å². The van der Waals surface area contributed by atoms with Gasteiger partial charge in [-0.05, 0) is 51.4 Å². The Labute approximate surface area is 139 Å². The van der Waals surface area contributed by atoms with Gasteiger partial charge in [0.05, 0.1) is 22.4 Å². The first-order valence-corrected chi connectivity index (χ1v) is 9.80. The third-order valence-corrected chi connectivity index (χ3v) is 7.01. The van der Waals surface area contributed by atoms with Gasteiger partial charge in [0.15, 0.2) is 0 Å². The third kappa shape index (κ3) is 2.45. The van der Waals surface area contributed by atoms with Crippen LogP contribution >= 0.6 is 0 Å². The molecule has 132 valence electrons. The van der Waals surface area contributed by atoms with E-state index >= 15 is 0 Å². The molecule has 1 saturated heterocycles. The number of hydrogen-bond acceptors (Lipinski definition) is 2. The molecule has 0 radical (unpaired) electrons. The largest absolute Gasteiger partial charge is 0.363 e. The van der Waals surface area contributed by atoms with E-state index in [-0.39, 0.29) is 22.4 Å². The lowest BCUT2D eigenvalue weighted by Crippen LogP contribution is -2.74. The molecule has 0 amide bonds. The first-order valence-electron chi connectivity index (χ1n) is 9.80. The van der Waals surface area contributed by atoms with Gasteiger partial charge in [0.2, 0.25) is 0 Å². The van der Waals surface area contributed by atoms with Crippen LogP contribution in [0.4, 0.5) is 0 Å². The van der Waals surface area contributed by atoms with Crippen LogP contribution in [0.2, 0.25) is 0 Å². The van der Waals surface area contributed by atoms with Crippen LogP contribution in [0.3, 0.4) is 0 Å². The van der Waals surface area contributed by atoms with Crippen LogP contribution in [0.15, 0.2) is 0 Å². The first-order chi connectivity index (χ1) is 10.4. The van der Waals surface area contributed by atoms with Gasteiger partial charge in [0.25, 0.3) is 0 Å². The zero-order chi connectivity index (χ0) is 17.1. The Kier molecular flexibility index (Phi) is 6.55. The molecule has 0 aromatic carbocycles. The lowest BCUT2D eigenvalue weighted by molar-refractivity contribution is -0.397. The zero-order valence-electron chi connectivity index (χ0n) is 16.5. The second-order valence-electron chi connectivity index (χ2n) is 7.01. The van der Waals surface area contributed by atoms with Crippen molar-refractivity contribution in [3.63, 3.8) is 0 Å². The Morgan fingerprint density at radius 2 is 0.500 bits per heavy atom. The number of hydrogen-bond donors (Lipinski definition) is 0. The molecule has 2 heteroatoms. The van der Waals surface area contributed by atoms with Crippen molar-refractivity contribution < 1.29 is 9.47 Å². The average molecular weight is 313 g/mol. The van der Waals surface area contributed by atoms with Crippen molar-refractivity contribution in [2.24, 2.45) is 0 Å². The van der Waals surface area contributed by atoms with Crippen molar-refractivity contribution in [1.29, 1.82) is 0 Å². The monoisotopic (exact) mass is 312 g/mol. The molecule has 0 aliphatic carbocycles. The van der Waals surface area contributed by atoms with E-state index in [4.69, 9.17) is 9.47 Å². The molecule has 0 N–H and O–H groups in total. The summed E-state index contributed by atoms with van der Waals surface area (Å²) in [5.41, 5.74) is -0.626. The lowest BCUT2D eigenvalue weighted by atomic mass is 9.66. The van der Waals surface area contributed by atoms with Crippen molar-refractivity contribution in [2.75, 3.05) is 0 Å². The highest BCUT2D eigenvalue weighted by atomic mass is 16.6. The van der Waals surface area contributed by atoms with Crippen LogP contribution in [0.25, 0.3) is 0 Å². The molecule has 0 aromatic rings. The third-order valence-electron chi connectivity index (χ3n) is 7.01. The fourth-order valence-corrected chi connectivity index (χ4v) is 5.27. The van der Waals surface area contributed by atoms with Crippen molar-refractivity contribution >= 4 is 0 Å². The molecule has 0 saturated carbocycles. The maximum Gasteiger partial charge on any atom is 0.0974 e. The Balaban J connectivity index is 3.55. The minimum atomic E-state index is -0.156. The standard InChI is InChI=1S/C20H40O2/c1-9-17(10-2)18(11-3,12-4)22-20(15-7,16-8)19(13-5,14-6)21-17/h9-16H2,1-8H3. The fraction of sp³-hybridized carbons (Fsp3) is 1.00. The maximum absolute atomic E-state index is 7.13. The van der Waals surface area contributed by atoms with Gasteiger partial charge in [-0.1, -0.05) is 55.4 Å². The van der Waals surface area contributed by atoms with Gasteiger partial charge >= 0.3 is 0 Å². The summed E-state index contributed by atoms with van der Waals surface area (Å²) in [6, 6.07) is 0. The molecule has 1 aliphatic rings. The summed E-state index contributed by atoms with van der Waals surface area (Å²) in [4.78, 5) is 0. The SMILES string of the molecule is CCC1(CC)OC(CC)(CC)C(CC)(CC)OC1(CC)CC. The van der Waals surface area contributed by atoms with E-state index in [9.17, 15) is 0 Å². The van der Waals surface area contributed by atoms with Gasteiger partial charge in [0, 0.05) is 0 Å². The zero-order valence-corrected chi connectivity index (χ0v) is 16.5. The predicted molar refractivity (Wildman–Crippen MR) is 95.4 cm³/mol. The Hall–Kier alpha value is -0.0800. The highest BCUT2D eigenvalue weighted by molar-refractivity contribution is 5.13. The van der Waals surface area contributed by atoms with Crippen LogP contribution < -0.4 is 0 Å². The van der Waals surface area contributed by atoms with Crippen LogP contribution in [0, 0.1) is 0 Å². The molecule has 1 fully saturated rings. The molecule has 0 bridgehead atoms. The smallest absolute Gasteiger partial charge is 0.0974 e. The van der Waals surface area contributed by atoms with Gasteiger partial charge in [-0.15, -0.1) is 0 Å². The summed E-state index contributed by atoms with van der Waals surface area (Å²) in [6.07, 6.45) is 8.19. The Bertz CT molecular complexity index is 266. The van der Waals surface area contributed by atoms with Crippen molar-refractivity contribution in [1.82, 2.24) is 0 Å². The summed E-state index contributed by atoms with van der Waals surface area (Å²) >= 11 is 0. The van der Waals surface area contributed by atoms with Gasteiger partial charge in [0.1, 0.15) is 0 Å². The van der Waals surface area contributed by atoms with Gasteiger partial charge < -0.3 is 9.47 Å². The van der Waals surface area contributed by atoms with E-state index in [1.165, 1.54) is 0 Å². The molecular weight excluding hydrogens is 272 g/mol. The molecule has 1 aliphatic heterocycles. The molecule has 0 atom stereocenters. The quantitative estimate of drug-likeness (QED) is 0.526. The summed E-state index contributed by atoms with van der Waals surface area (Å²) < 4.78 is 14.3. The van der Waals surface area contributed by atoms with E-state index in [1.54, 1.807) is 0 Å².